The Morgan fingerprint density at radius 3 is 2.55 bits per heavy atom. The zero-order valence-corrected chi connectivity index (χ0v) is 12.9. The summed E-state index contributed by atoms with van der Waals surface area (Å²) in [5.41, 5.74) is 0.235. The van der Waals surface area contributed by atoms with Crippen LogP contribution in [0.25, 0.3) is 0 Å². The SMILES string of the molecule is CC(C)CNC(=O)CCNC(=O)c1ccc(Cl)nc1Cl. The lowest BCUT2D eigenvalue weighted by Gasteiger charge is -2.09. The third-order valence-corrected chi connectivity index (χ3v) is 2.90. The summed E-state index contributed by atoms with van der Waals surface area (Å²) in [5.74, 6) is -0.0809. The van der Waals surface area contributed by atoms with E-state index in [-0.39, 0.29) is 40.6 Å². The van der Waals surface area contributed by atoms with E-state index < -0.39 is 0 Å². The van der Waals surface area contributed by atoms with E-state index in [1.807, 2.05) is 13.8 Å². The normalized spacial score (nSPS) is 10.4. The molecule has 0 aromatic carbocycles. The van der Waals surface area contributed by atoms with Gasteiger partial charge in [0, 0.05) is 19.5 Å². The van der Waals surface area contributed by atoms with Gasteiger partial charge < -0.3 is 10.6 Å². The largest absolute Gasteiger partial charge is 0.356 e. The highest BCUT2D eigenvalue weighted by atomic mass is 35.5. The van der Waals surface area contributed by atoms with Crippen LogP contribution >= 0.6 is 23.2 Å². The maximum Gasteiger partial charge on any atom is 0.254 e. The van der Waals surface area contributed by atoms with Gasteiger partial charge in [0.05, 0.1) is 5.56 Å². The van der Waals surface area contributed by atoms with Gasteiger partial charge in [-0.1, -0.05) is 37.0 Å². The first kappa shape index (κ1) is 16.7. The van der Waals surface area contributed by atoms with Crippen molar-refractivity contribution < 1.29 is 9.59 Å². The number of halogens is 2. The molecule has 7 heteroatoms. The Balaban J connectivity index is 2.38. The van der Waals surface area contributed by atoms with Crippen LogP contribution in [0.15, 0.2) is 12.1 Å². The second kappa shape index (κ2) is 8.07. The molecule has 2 amide bonds. The summed E-state index contributed by atoms with van der Waals surface area (Å²) >= 11 is 11.5. The molecule has 110 valence electrons. The second-order valence-corrected chi connectivity index (χ2v) is 5.42. The Hall–Kier alpha value is -1.33. The van der Waals surface area contributed by atoms with Crippen LogP contribution in [0.5, 0.6) is 0 Å². The molecule has 1 rings (SSSR count). The van der Waals surface area contributed by atoms with Gasteiger partial charge >= 0.3 is 0 Å². The first-order chi connectivity index (χ1) is 9.40. The van der Waals surface area contributed by atoms with Gasteiger partial charge in [-0.25, -0.2) is 4.98 Å². The van der Waals surface area contributed by atoms with Crippen molar-refractivity contribution >= 4 is 35.0 Å². The second-order valence-electron chi connectivity index (χ2n) is 4.68. The first-order valence-electron chi connectivity index (χ1n) is 6.27. The molecule has 20 heavy (non-hydrogen) atoms. The predicted octanol–water partition coefficient (Wildman–Crippen LogP) is 2.28. The van der Waals surface area contributed by atoms with Crippen molar-refractivity contribution in [2.24, 2.45) is 5.92 Å². The van der Waals surface area contributed by atoms with E-state index in [9.17, 15) is 9.59 Å². The maximum atomic E-state index is 11.8. The molecular formula is C13H17Cl2N3O2. The molecule has 2 N–H and O–H groups in total. The van der Waals surface area contributed by atoms with E-state index >= 15 is 0 Å². The Morgan fingerprint density at radius 1 is 1.25 bits per heavy atom. The summed E-state index contributed by atoms with van der Waals surface area (Å²) in [6.45, 7) is 4.89. The fourth-order valence-corrected chi connectivity index (χ4v) is 1.80. The minimum atomic E-state index is -0.379. The van der Waals surface area contributed by atoms with Gasteiger partial charge in [0.1, 0.15) is 10.3 Å². The summed E-state index contributed by atoms with van der Waals surface area (Å²) in [6, 6.07) is 2.98. The fraction of sp³-hybridized carbons (Fsp3) is 0.462. The van der Waals surface area contributed by atoms with Crippen LogP contribution in [0.4, 0.5) is 0 Å². The van der Waals surface area contributed by atoms with E-state index in [0.717, 1.165) is 0 Å². The van der Waals surface area contributed by atoms with Gasteiger partial charge in [-0.2, -0.15) is 0 Å². The zero-order valence-electron chi connectivity index (χ0n) is 11.4. The number of nitrogens with one attached hydrogen (secondary N) is 2. The van der Waals surface area contributed by atoms with Crippen LogP contribution < -0.4 is 10.6 Å². The first-order valence-corrected chi connectivity index (χ1v) is 7.02. The molecule has 0 fully saturated rings. The lowest BCUT2D eigenvalue weighted by molar-refractivity contribution is -0.121. The number of amides is 2. The third-order valence-electron chi connectivity index (χ3n) is 2.40. The molecule has 1 aromatic rings. The van der Waals surface area contributed by atoms with Crippen LogP contribution in [-0.2, 0) is 4.79 Å². The average molecular weight is 318 g/mol. The van der Waals surface area contributed by atoms with Gasteiger partial charge in [-0.3, -0.25) is 9.59 Å². The topological polar surface area (TPSA) is 71.1 Å². The number of carbonyl (C=O) groups excluding carboxylic acids is 2. The van der Waals surface area contributed by atoms with Crippen molar-refractivity contribution in [1.29, 1.82) is 0 Å². The summed E-state index contributed by atoms with van der Waals surface area (Å²) in [7, 11) is 0. The standard InChI is InChI=1S/C13H17Cl2N3O2/c1-8(2)7-17-11(19)5-6-16-13(20)9-3-4-10(14)18-12(9)15/h3-4,8H,5-7H2,1-2H3,(H,16,20)(H,17,19). The molecule has 0 saturated heterocycles. The number of aromatic nitrogens is 1. The Labute approximate surface area is 128 Å². The van der Waals surface area contributed by atoms with E-state index in [4.69, 9.17) is 23.2 Å². The summed E-state index contributed by atoms with van der Waals surface area (Å²) < 4.78 is 0. The van der Waals surface area contributed by atoms with Crippen LogP contribution in [0, 0.1) is 5.92 Å². The average Bonchev–Trinajstić information content (AvgIpc) is 2.36. The van der Waals surface area contributed by atoms with E-state index in [1.54, 1.807) is 0 Å². The van der Waals surface area contributed by atoms with Gasteiger partial charge in [0.2, 0.25) is 5.91 Å². The Morgan fingerprint density at radius 2 is 1.95 bits per heavy atom. The number of nitrogens with zero attached hydrogens (tertiary/aromatic N) is 1. The van der Waals surface area contributed by atoms with Crippen molar-refractivity contribution in [2.45, 2.75) is 20.3 Å². The minimum absolute atomic E-state index is 0.0410. The van der Waals surface area contributed by atoms with Gasteiger partial charge in [-0.05, 0) is 18.1 Å². The van der Waals surface area contributed by atoms with E-state index in [2.05, 4.69) is 15.6 Å². The molecule has 0 atom stereocenters. The highest BCUT2D eigenvalue weighted by Crippen LogP contribution is 2.16. The van der Waals surface area contributed by atoms with E-state index in [1.165, 1.54) is 12.1 Å². The molecule has 0 radical (unpaired) electrons. The Kier molecular flexibility index (Phi) is 6.75. The minimum Gasteiger partial charge on any atom is -0.356 e. The van der Waals surface area contributed by atoms with Gasteiger partial charge in [-0.15, -0.1) is 0 Å². The molecule has 0 aliphatic rings. The van der Waals surface area contributed by atoms with Crippen molar-refractivity contribution in [3.63, 3.8) is 0 Å². The molecule has 0 aliphatic carbocycles. The van der Waals surface area contributed by atoms with Crippen LogP contribution in [0.2, 0.25) is 10.3 Å². The molecule has 5 nitrogen and oxygen atoms in total. The Bertz CT molecular complexity index is 493. The van der Waals surface area contributed by atoms with Crippen molar-refractivity contribution in [2.75, 3.05) is 13.1 Å². The quantitative estimate of drug-likeness (QED) is 0.791. The molecule has 0 unspecified atom stereocenters. The summed E-state index contributed by atoms with van der Waals surface area (Å²) in [5, 5.41) is 5.64. The molecule has 1 aromatic heterocycles. The van der Waals surface area contributed by atoms with Gasteiger partial charge in [0.15, 0.2) is 0 Å². The van der Waals surface area contributed by atoms with Crippen LogP contribution in [-0.4, -0.2) is 29.9 Å². The highest BCUT2D eigenvalue weighted by Gasteiger charge is 2.12. The number of rotatable bonds is 6. The molecule has 0 aliphatic heterocycles. The zero-order chi connectivity index (χ0) is 15.1. The summed E-state index contributed by atoms with van der Waals surface area (Å²) in [4.78, 5) is 27.1. The number of pyridine rings is 1. The molecule has 0 spiro atoms. The molecule has 0 saturated carbocycles. The van der Waals surface area contributed by atoms with E-state index in [0.29, 0.717) is 12.5 Å². The van der Waals surface area contributed by atoms with Crippen molar-refractivity contribution in [1.82, 2.24) is 15.6 Å². The number of hydrogen-bond acceptors (Lipinski definition) is 3. The smallest absolute Gasteiger partial charge is 0.254 e. The number of hydrogen-bond donors (Lipinski definition) is 2. The third kappa shape index (κ3) is 5.75. The maximum absolute atomic E-state index is 11.8. The predicted molar refractivity (Wildman–Crippen MR) is 79.1 cm³/mol. The monoisotopic (exact) mass is 317 g/mol. The van der Waals surface area contributed by atoms with Crippen molar-refractivity contribution in [3.8, 4) is 0 Å². The molecule has 1 heterocycles. The lowest BCUT2D eigenvalue weighted by atomic mass is 10.2. The molecule has 0 bridgehead atoms. The molecular weight excluding hydrogens is 301 g/mol. The lowest BCUT2D eigenvalue weighted by Crippen LogP contribution is -2.32. The van der Waals surface area contributed by atoms with Crippen LogP contribution in [0.3, 0.4) is 0 Å². The highest BCUT2D eigenvalue weighted by molar-refractivity contribution is 6.34. The van der Waals surface area contributed by atoms with Crippen LogP contribution in [0.1, 0.15) is 30.6 Å². The fourth-order valence-electron chi connectivity index (χ4n) is 1.37. The van der Waals surface area contributed by atoms with Gasteiger partial charge in [0.25, 0.3) is 5.91 Å². The summed E-state index contributed by atoms with van der Waals surface area (Å²) in [6.07, 6.45) is 0.219. The van der Waals surface area contributed by atoms with Crippen molar-refractivity contribution in [3.05, 3.63) is 28.0 Å². The number of carbonyl (C=O) groups is 2.